The van der Waals surface area contributed by atoms with E-state index in [-0.39, 0.29) is 12.1 Å². The van der Waals surface area contributed by atoms with E-state index in [1.165, 1.54) is 0 Å². The average molecular weight is 221 g/mol. The number of benzene rings is 1. The van der Waals surface area contributed by atoms with Gasteiger partial charge in [-0.25, -0.2) is 4.79 Å². The van der Waals surface area contributed by atoms with Gasteiger partial charge in [0.15, 0.2) is 0 Å². The molecule has 4 heteroatoms. The van der Waals surface area contributed by atoms with Gasteiger partial charge in [-0.3, -0.25) is 0 Å². The highest BCUT2D eigenvalue weighted by Crippen LogP contribution is 2.11. The lowest BCUT2D eigenvalue weighted by Crippen LogP contribution is -2.41. The number of carbonyl (C=O) groups excluding carboxylic acids is 1. The average Bonchev–Trinajstić information content (AvgIpc) is 2.24. The highest BCUT2D eigenvalue weighted by molar-refractivity contribution is 5.74. The maximum absolute atomic E-state index is 11.6. The fraction of sp³-hybridized carbons (Fsp3) is 0.417. The Kier molecular flexibility index (Phi) is 4.17. The first-order valence-electron chi connectivity index (χ1n) is 5.37. The minimum absolute atomic E-state index is 0.0718. The first-order valence-corrected chi connectivity index (χ1v) is 5.37. The second-order valence-electron chi connectivity index (χ2n) is 4.02. The van der Waals surface area contributed by atoms with Crippen molar-refractivity contribution in [1.29, 1.82) is 0 Å². The summed E-state index contributed by atoms with van der Waals surface area (Å²) in [5, 5.41) is 2.64. The third-order valence-electron chi connectivity index (χ3n) is 2.40. The summed E-state index contributed by atoms with van der Waals surface area (Å²) in [6.45, 7) is 4.55. The normalized spacial score (nSPS) is 10.2. The van der Waals surface area contributed by atoms with Gasteiger partial charge in [0, 0.05) is 25.3 Å². The standard InChI is InChI=1S/C12H19N3O/c1-9(2)15(12(16)14-3)8-10-5-4-6-11(13)7-10/h4-7,9H,8,13H2,1-3H3,(H,14,16). The molecule has 0 bridgehead atoms. The number of amides is 2. The van der Waals surface area contributed by atoms with Crippen molar-refractivity contribution < 1.29 is 4.79 Å². The van der Waals surface area contributed by atoms with Crippen LogP contribution in [0.2, 0.25) is 0 Å². The fourth-order valence-corrected chi connectivity index (χ4v) is 1.52. The Balaban J connectivity index is 2.79. The third kappa shape index (κ3) is 3.15. The van der Waals surface area contributed by atoms with E-state index in [4.69, 9.17) is 5.73 Å². The molecule has 0 atom stereocenters. The number of carbonyl (C=O) groups is 1. The molecule has 16 heavy (non-hydrogen) atoms. The molecule has 0 aromatic heterocycles. The van der Waals surface area contributed by atoms with Crippen molar-refractivity contribution in [2.45, 2.75) is 26.4 Å². The quantitative estimate of drug-likeness (QED) is 0.765. The molecule has 3 N–H and O–H groups in total. The zero-order valence-electron chi connectivity index (χ0n) is 10.0. The molecule has 4 nitrogen and oxygen atoms in total. The van der Waals surface area contributed by atoms with Crippen molar-refractivity contribution in [2.75, 3.05) is 12.8 Å². The highest BCUT2D eigenvalue weighted by atomic mass is 16.2. The van der Waals surface area contributed by atoms with Gasteiger partial charge < -0.3 is 16.0 Å². The lowest BCUT2D eigenvalue weighted by Gasteiger charge is -2.26. The Morgan fingerprint density at radius 2 is 2.19 bits per heavy atom. The molecular formula is C12H19N3O. The SMILES string of the molecule is CNC(=O)N(Cc1cccc(N)c1)C(C)C. The Morgan fingerprint density at radius 3 is 2.69 bits per heavy atom. The summed E-state index contributed by atoms with van der Waals surface area (Å²) in [5.74, 6) is 0. The van der Waals surface area contributed by atoms with Gasteiger partial charge in [-0.2, -0.15) is 0 Å². The molecule has 88 valence electrons. The summed E-state index contributed by atoms with van der Waals surface area (Å²) in [6.07, 6.45) is 0. The van der Waals surface area contributed by atoms with Crippen LogP contribution in [0.25, 0.3) is 0 Å². The van der Waals surface area contributed by atoms with Crippen LogP contribution >= 0.6 is 0 Å². The Labute approximate surface area is 96.4 Å². The summed E-state index contributed by atoms with van der Waals surface area (Å²) < 4.78 is 0. The van der Waals surface area contributed by atoms with E-state index in [2.05, 4.69) is 5.32 Å². The van der Waals surface area contributed by atoms with Crippen LogP contribution in [0.3, 0.4) is 0 Å². The highest BCUT2D eigenvalue weighted by Gasteiger charge is 2.15. The van der Waals surface area contributed by atoms with Crippen LogP contribution < -0.4 is 11.1 Å². The minimum atomic E-state index is -0.0718. The van der Waals surface area contributed by atoms with Crippen molar-refractivity contribution in [2.24, 2.45) is 0 Å². The second-order valence-corrected chi connectivity index (χ2v) is 4.02. The van der Waals surface area contributed by atoms with Crippen molar-refractivity contribution in [3.8, 4) is 0 Å². The number of nitrogen functional groups attached to an aromatic ring is 1. The van der Waals surface area contributed by atoms with Crippen molar-refractivity contribution in [1.82, 2.24) is 10.2 Å². The molecule has 1 aromatic rings. The van der Waals surface area contributed by atoms with Gasteiger partial charge in [0.05, 0.1) is 0 Å². The van der Waals surface area contributed by atoms with Crippen molar-refractivity contribution >= 4 is 11.7 Å². The lowest BCUT2D eigenvalue weighted by atomic mass is 10.2. The van der Waals surface area contributed by atoms with Gasteiger partial charge >= 0.3 is 6.03 Å². The Morgan fingerprint density at radius 1 is 1.50 bits per heavy atom. The van der Waals surface area contributed by atoms with Crippen LogP contribution in [0.4, 0.5) is 10.5 Å². The maximum atomic E-state index is 11.6. The maximum Gasteiger partial charge on any atom is 0.317 e. The van der Waals surface area contributed by atoms with Gasteiger partial charge in [0.25, 0.3) is 0 Å². The van der Waals surface area contributed by atoms with Gasteiger partial charge in [-0.15, -0.1) is 0 Å². The predicted molar refractivity (Wildman–Crippen MR) is 66.0 cm³/mol. The summed E-state index contributed by atoms with van der Waals surface area (Å²) in [4.78, 5) is 13.4. The van der Waals surface area contributed by atoms with Crippen LogP contribution in [0.15, 0.2) is 24.3 Å². The van der Waals surface area contributed by atoms with Crippen LogP contribution in [0.5, 0.6) is 0 Å². The minimum Gasteiger partial charge on any atom is -0.399 e. The largest absolute Gasteiger partial charge is 0.399 e. The molecule has 2 amide bonds. The van der Waals surface area contributed by atoms with Crippen molar-refractivity contribution in [3.05, 3.63) is 29.8 Å². The number of hydrogen-bond acceptors (Lipinski definition) is 2. The van der Waals surface area contributed by atoms with Gasteiger partial charge in [0.1, 0.15) is 0 Å². The Bertz CT molecular complexity index is 363. The zero-order chi connectivity index (χ0) is 12.1. The molecule has 1 aromatic carbocycles. The number of rotatable bonds is 3. The van der Waals surface area contributed by atoms with E-state index < -0.39 is 0 Å². The van der Waals surface area contributed by atoms with E-state index in [1.54, 1.807) is 11.9 Å². The van der Waals surface area contributed by atoms with Crippen LogP contribution in [0.1, 0.15) is 19.4 Å². The number of nitrogens with zero attached hydrogens (tertiary/aromatic N) is 1. The summed E-state index contributed by atoms with van der Waals surface area (Å²) in [5.41, 5.74) is 7.46. The summed E-state index contributed by atoms with van der Waals surface area (Å²) in [6, 6.07) is 7.67. The van der Waals surface area contributed by atoms with Crippen LogP contribution in [-0.4, -0.2) is 24.0 Å². The Hall–Kier alpha value is -1.71. The van der Waals surface area contributed by atoms with E-state index in [0.717, 1.165) is 11.3 Å². The molecule has 0 aliphatic heterocycles. The number of nitrogens with two attached hydrogens (primary N) is 1. The fourth-order valence-electron chi connectivity index (χ4n) is 1.52. The van der Waals surface area contributed by atoms with E-state index in [1.807, 2.05) is 38.1 Å². The molecule has 0 saturated heterocycles. The van der Waals surface area contributed by atoms with E-state index in [0.29, 0.717) is 6.54 Å². The third-order valence-corrected chi connectivity index (χ3v) is 2.40. The first-order chi connectivity index (χ1) is 7.54. The number of urea groups is 1. The van der Waals surface area contributed by atoms with Gasteiger partial charge in [-0.1, -0.05) is 12.1 Å². The lowest BCUT2D eigenvalue weighted by molar-refractivity contribution is 0.182. The van der Waals surface area contributed by atoms with Crippen molar-refractivity contribution in [3.63, 3.8) is 0 Å². The zero-order valence-corrected chi connectivity index (χ0v) is 10.0. The predicted octanol–water partition coefficient (Wildman–Crippen LogP) is 1.82. The number of anilines is 1. The smallest absolute Gasteiger partial charge is 0.317 e. The van der Waals surface area contributed by atoms with Gasteiger partial charge in [-0.05, 0) is 31.5 Å². The number of nitrogens with one attached hydrogen (secondary N) is 1. The summed E-state index contributed by atoms with van der Waals surface area (Å²) in [7, 11) is 1.64. The second kappa shape index (κ2) is 5.39. The molecule has 0 unspecified atom stereocenters. The molecule has 0 saturated carbocycles. The van der Waals surface area contributed by atoms with Crippen LogP contribution in [-0.2, 0) is 6.54 Å². The molecule has 0 fully saturated rings. The molecule has 0 radical (unpaired) electrons. The first kappa shape index (κ1) is 12.4. The molecule has 0 aliphatic rings. The molecule has 0 heterocycles. The molecular weight excluding hydrogens is 202 g/mol. The molecule has 1 rings (SSSR count). The monoisotopic (exact) mass is 221 g/mol. The topological polar surface area (TPSA) is 58.4 Å². The van der Waals surface area contributed by atoms with E-state index >= 15 is 0 Å². The summed E-state index contributed by atoms with van der Waals surface area (Å²) >= 11 is 0. The van der Waals surface area contributed by atoms with Crippen LogP contribution in [0, 0.1) is 0 Å². The molecule has 0 spiro atoms. The number of hydrogen-bond donors (Lipinski definition) is 2. The molecule has 0 aliphatic carbocycles. The van der Waals surface area contributed by atoms with Gasteiger partial charge in [0.2, 0.25) is 0 Å². The van der Waals surface area contributed by atoms with E-state index in [9.17, 15) is 4.79 Å².